The second kappa shape index (κ2) is 4.07. The average Bonchev–Trinajstić information content (AvgIpc) is 2.92. The number of hydrogen-bond donors (Lipinski definition) is 1. The van der Waals surface area contributed by atoms with Crippen molar-refractivity contribution in [3.8, 4) is 0 Å². The molecule has 0 spiro atoms. The minimum absolute atomic E-state index is 0.335. The molecule has 0 amide bonds. The first-order chi connectivity index (χ1) is 8.53. The molecule has 0 saturated heterocycles. The molecule has 0 radical (unpaired) electrons. The lowest BCUT2D eigenvalue weighted by Gasteiger charge is -2.40. The van der Waals surface area contributed by atoms with E-state index in [0.29, 0.717) is 11.5 Å². The van der Waals surface area contributed by atoms with Gasteiger partial charge in [-0.3, -0.25) is 9.69 Å². The summed E-state index contributed by atoms with van der Waals surface area (Å²) in [4.78, 5) is 15.1. The van der Waals surface area contributed by atoms with Crippen LogP contribution in [0.15, 0.2) is 11.4 Å². The van der Waals surface area contributed by atoms with Gasteiger partial charge in [-0.05, 0) is 48.6 Å². The third-order valence-electron chi connectivity index (χ3n) is 4.78. The Morgan fingerprint density at radius 3 is 2.94 bits per heavy atom. The first-order valence-electron chi connectivity index (χ1n) is 6.58. The van der Waals surface area contributed by atoms with Gasteiger partial charge in [0.2, 0.25) is 0 Å². The Balaban J connectivity index is 1.93. The van der Waals surface area contributed by atoms with Crippen molar-refractivity contribution >= 4 is 17.3 Å². The molecule has 2 heterocycles. The highest BCUT2D eigenvalue weighted by molar-refractivity contribution is 7.10. The summed E-state index contributed by atoms with van der Waals surface area (Å²) < 4.78 is 0. The molecule has 1 N–H and O–H groups in total. The van der Waals surface area contributed by atoms with Crippen molar-refractivity contribution < 1.29 is 9.90 Å². The highest BCUT2D eigenvalue weighted by Gasteiger charge is 2.48. The number of fused-ring (bicyclic) bond motifs is 1. The van der Waals surface area contributed by atoms with Gasteiger partial charge in [0.25, 0.3) is 0 Å². The average molecular weight is 265 g/mol. The van der Waals surface area contributed by atoms with Crippen molar-refractivity contribution in [2.24, 2.45) is 5.41 Å². The molecule has 3 rings (SSSR count). The zero-order valence-electron chi connectivity index (χ0n) is 10.8. The van der Waals surface area contributed by atoms with Crippen LogP contribution in [0.3, 0.4) is 0 Å². The van der Waals surface area contributed by atoms with Crippen LogP contribution >= 0.6 is 11.3 Å². The van der Waals surface area contributed by atoms with Crippen molar-refractivity contribution in [3.05, 3.63) is 21.9 Å². The fourth-order valence-electron chi connectivity index (χ4n) is 3.04. The van der Waals surface area contributed by atoms with Gasteiger partial charge in [-0.1, -0.05) is 6.92 Å². The van der Waals surface area contributed by atoms with Crippen molar-refractivity contribution in [2.45, 2.75) is 45.2 Å². The first-order valence-corrected chi connectivity index (χ1v) is 7.46. The van der Waals surface area contributed by atoms with Gasteiger partial charge in [-0.2, -0.15) is 0 Å². The second-order valence-corrected chi connectivity index (χ2v) is 6.86. The molecule has 1 aromatic heterocycles. The van der Waals surface area contributed by atoms with Crippen LogP contribution in [0, 0.1) is 5.41 Å². The van der Waals surface area contributed by atoms with E-state index in [4.69, 9.17) is 0 Å². The quantitative estimate of drug-likeness (QED) is 0.913. The Morgan fingerprint density at radius 1 is 1.61 bits per heavy atom. The Bertz CT molecular complexity index is 478. The minimum Gasteiger partial charge on any atom is -0.480 e. The maximum absolute atomic E-state index is 11.6. The van der Waals surface area contributed by atoms with Crippen molar-refractivity contribution in [1.29, 1.82) is 0 Å². The molecule has 1 aliphatic heterocycles. The fourth-order valence-corrected chi connectivity index (χ4v) is 3.95. The molecule has 18 heavy (non-hydrogen) atoms. The van der Waals surface area contributed by atoms with E-state index in [2.05, 4.69) is 18.7 Å². The van der Waals surface area contributed by atoms with E-state index in [1.807, 2.05) is 11.4 Å². The molecule has 1 saturated carbocycles. The Kier molecular flexibility index (Phi) is 2.75. The van der Waals surface area contributed by atoms with Crippen LogP contribution in [0.4, 0.5) is 0 Å². The van der Waals surface area contributed by atoms with Gasteiger partial charge in [-0.25, -0.2) is 0 Å². The number of carboxylic acid groups (broad SMARTS) is 1. The molecule has 98 valence electrons. The monoisotopic (exact) mass is 265 g/mol. The van der Waals surface area contributed by atoms with Crippen LogP contribution in [0.1, 0.15) is 43.2 Å². The lowest BCUT2D eigenvalue weighted by atomic mass is 9.92. The van der Waals surface area contributed by atoms with Gasteiger partial charge in [0, 0.05) is 17.5 Å². The third-order valence-corrected chi connectivity index (χ3v) is 5.78. The molecule has 2 aliphatic rings. The number of thiophene rings is 1. The van der Waals surface area contributed by atoms with Gasteiger partial charge in [0.15, 0.2) is 0 Å². The largest absolute Gasteiger partial charge is 0.480 e. The molecule has 0 aromatic carbocycles. The summed E-state index contributed by atoms with van der Waals surface area (Å²) in [6.45, 7) is 5.35. The number of aliphatic carboxylic acids is 1. The number of carboxylic acids is 1. The van der Waals surface area contributed by atoms with Gasteiger partial charge in [0.1, 0.15) is 6.04 Å². The predicted octanol–water partition coefficient (Wildman–Crippen LogP) is 2.92. The van der Waals surface area contributed by atoms with Crippen LogP contribution in [-0.2, 0) is 11.2 Å². The molecule has 3 nitrogen and oxygen atoms in total. The SMILES string of the molecule is CC(N1CCc2sccc2C1C(=O)O)C1(C)CC1. The summed E-state index contributed by atoms with van der Waals surface area (Å²) in [5, 5.41) is 11.6. The summed E-state index contributed by atoms with van der Waals surface area (Å²) in [7, 11) is 0. The summed E-state index contributed by atoms with van der Waals surface area (Å²) in [5.41, 5.74) is 1.36. The van der Waals surface area contributed by atoms with E-state index in [-0.39, 0.29) is 0 Å². The number of rotatable bonds is 3. The van der Waals surface area contributed by atoms with E-state index in [0.717, 1.165) is 18.5 Å². The second-order valence-electron chi connectivity index (χ2n) is 5.86. The zero-order chi connectivity index (χ0) is 12.9. The van der Waals surface area contributed by atoms with Crippen LogP contribution in [0.5, 0.6) is 0 Å². The normalized spacial score (nSPS) is 27.6. The zero-order valence-corrected chi connectivity index (χ0v) is 11.7. The molecular weight excluding hydrogens is 246 g/mol. The maximum atomic E-state index is 11.6. The molecule has 2 unspecified atom stereocenters. The van der Waals surface area contributed by atoms with Gasteiger partial charge < -0.3 is 5.11 Å². The predicted molar refractivity (Wildman–Crippen MR) is 71.9 cm³/mol. The molecule has 2 atom stereocenters. The van der Waals surface area contributed by atoms with Gasteiger partial charge >= 0.3 is 5.97 Å². The standard InChI is InChI=1S/C14H19NO2S/c1-9(14(2)5-6-14)15-7-3-11-10(4-8-18-11)12(15)13(16)17/h4,8-9,12H,3,5-7H2,1-2H3,(H,16,17). The van der Waals surface area contributed by atoms with E-state index >= 15 is 0 Å². The molecule has 1 aromatic rings. The first kappa shape index (κ1) is 12.2. The van der Waals surface area contributed by atoms with E-state index in [1.165, 1.54) is 17.7 Å². The van der Waals surface area contributed by atoms with E-state index in [9.17, 15) is 9.90 Å². The fraction of sp³-hybridized carbons (Fsp3) is 0.643. The third kappa shape index (κ3) is 1.79. The molecule has 4 heteroatoms. The van der Waals surface area contributed by atoms with E-state index < -0.39 is 12.0 Å². The smallest absolute Gasteiger partial charge is 0.325 e. The molecule has 0 bridgehead atoms. The number of carbonyl (C=O) groups is 1. The van der Waals surface area contributed by atoms with Gasteiger partial charge in [0.05, 0.1) is 0 Å². The number of hydrogen-bond acceptors (Lipinski definition) is 3. The van der Waals surface area contributed by atoms with Crippen LogP contribution in [-0.4, -0.2) is 28.6 Å². The van der Waals surface area contributed by atoms with E-state index in [1.54, 1.807) is 11.3 Å². The molecule has 1 aliphatic carbocycles. The highest BCUT2D eigenvalue weighted by atomic mass is 32.1. The summed E-state index contributed by atoms with van der Waals surface area (Å²) in [6.07, 6.45) is 3.46. The summed E-state index contributed by atoms with van der Waals surface area (Å²) >= 11 is 1.69. The highest BCUT2D eigenvalue weighted by Crippen LogP contribution is 2.52. The topological polar surface area (TPSA) is 40.5 Å². The number of nitrogens with zero attached hydrogens (tertiary/aromatic N) is 1. The van der Waals surface area contributed by atoms with Crippen LogP contribution in [0.25, 0.3) is 0 Å². The van der Waals surface area contributed by atoms with Gasteiger partial charge in [-0.15, -0.1) is 11.3 Å². The van der Waals surface area contributed by atoms with Crippen LogP contribution in [0.2, 0.25) is 0 Å². The lowest BCUT2D eigenvalue weighted by molar-refractivity contribution is -0.145. The van der Waals surface area contributed by atoms with Crippen molar-refractivity contribution in [3.63, 3.8) is 0 Å². The maximum Gasteiger partial charge on any atom is 0.325 e. The summed E-state index contributed by atoms with van der Waals surface area (Å²) in [6, 6.07) is 1.91. The Labute approximate surface area is 111 Å². The molecular formula is C14H19NO2S. The Morgan fingerprint density at radius 2 is 2.33 bits per heavy atom. The summed E-state index contributed by atoms with van der Waals surface area (Å²) in [5.74, 6) is -0.703. The molecule has 1 fully saturated rings. The van der Waals surface area contributed by atoms with Crippen LogP contribution < -0.4 is 0 Å². The van der Waals surface area contributed by atoms with Crippen molar-refractivity contribution in [1.82, 2.24) is 4.90 Å². The minimum atomic E-state index is -0.703. The Hall–Kier alpha value is -0.870. The van der Waals surface area contributed by atoms with Crippen molar-refractivity contribution in [2.75, 3.05) is 6.54 Å². The lowest BCUT2D eigenvalue weighted by Crippen LogP contribution is -2.47.